The van der Waals surface area contributed by atoms with E-state index in [0.29, 0.717) is 6.04 Å². The summed E-state index contributed by atoms with van der Waals surface area (Å²) >= 11 is 6.88. The van der Waals surface area contributed by atoms with Crippen molar-refractivity contribution in [1.82, 2.24) is 4.90 Å². The highest BCUT2D eigenvalue weighted by Gasteiger charge is 2.29. The van der Waals surface area contributed by atoms with E-state index in [-0.39, 0.29) is 5.91 Å². The van der Waals surface area contributed by atoms with E-state index in [1.807, 2.05) is 30.0 Å². The molecule has 0 bridgehead atoms. The minimum Gasteiger partial charge on any atom is -0.335 e. The maximum Gasteiger partial charge on any atom is 0.254 e. The van der Waals surface area contributed by atoms with Crippen LogP contribution in [0.4, 0.5) is 0 Å². The number of halogens is 2. The number of carbonyl (C=O) groups is 1. The summed E-state index contributed by atoms with van der Waals surface area (Å²) in [5, 5.41) is 0.838. The molecule has 0 atom stereocenters. The highest BCUT2D eigenvalue weighted by molar-refractivity contribution is 9.10. The Kier molecular flexibility index (Phi) is 4.84. The molecule has 1 aromatic carbocycles. The lowest BCUT2D eigenvalue weighted by atomic mass is 9.90. The third kappa shape index (κ3) is 2.97. The second-order valence-corrected chi connectivity index (χ2v) is 6.44. The normalized spacial score (nSPS) is 15.3. The number of carbonyl (C=O) groups excluding carboxylic acids is 1. The van der Waals surface area contributed by atoms with Crippen molar-refractivity contribution in [3.05, 3.63) is 33.8 Å². The zero-order valence-electron chi connectivity index (χ0n) is 10.5. The molecule has 0 aliphatic heterocycles. The van der Waals surface area contributed by atoms with Gasteiger partial charge in [0, 0.05) is 28.0 Å². The molecule has 98 valence electrons. The van der Waals surface area contributed by atoms with Gasteiger partial charge in [-0.25, -0.2) is 0 Å². The fourth-order valence-corrected chi connectivity index (χ4v) is 3.12. The lowest BCUT2D eigenvalue weighted by molar-refractivity contribution is 0.0599. The first-order valence-corrected chi connectivity index (χ1v) is 8.18. The second kappa shape index (κ2) is 6.20. The van der Waals surface area contributed by atoms with Crippen molar-refractivity contribution in [1.29, 1.82) is 0 Å². The van der Waals surface area contributed by atoms with Crippen LogP contribution in [-0.2, 0) is 0 Å². The minimum absolute atomic E-state index is 0.171. The van der Waals surface area contributed by atoms with Crippen LogP contribution < -0.4 is 0 Å². The Morgan fingerprint density at radius 3 is 2.67 bits per heavy atom. The van der Waals surface area contributed by atoms with E-state index in [0.717, 1.165) is 40.3 Å². The summed E-state index contributed by atoms with van der Waals surface area (Å²) in [6.45, 7) is 2.78. The molecule has 1 saturated carbocycles. The van der Waals surface area contributed by atoms with Gasteiger partial charge >= 0.3 is 0 Å². The SMILES string of the molecule is Cc1cc(Br)ccc1C(=O)N(CCBr)C1CCC1. The van der Waals surface area contributed by atoms with Gasteiger partial charge in [0.05, 0.1) is 0 Å². The first-order chi connectivity index (χ1) is 8.63. The third-order valence-electron chi connectivity index (χ3n) is 3.52. The van der Waals surface area contributed by atoms with Gasteiger partial charge in [0.25, 0.3) is 5.91 Å². The van der Waals surface area contributed by atoms with Crippen LogP contribution in [0.25, 0.3) is 0 Å². The Bertz CT molecular complexity index is 443. The van der Waals surface area contributed by atoms with Crippen LogP contribution in [0.2, 0.25) is 0 Å². The molecule has 4 heteroatoms. The molecular weight excluding hydrogens is 358 g/mol. The quantitative estimate of drug-likeness (QED) is 0.725. The summed E-state index contributed by atoms with van der Waals surface area (Å²) in [6.07, 6.45) is 3.54. The zero-order valence-corrected chi connectivity index (χ0v) is 13.6. The van der Waals surface area contributed by atoms with Crippen LogP contribution in [0.3, 0.4) is 0 Å². The number of amides is 1. The maximum atomic E-state index is 12.6. The van der Waals surface area contributed by atoms with Crippen molar-refractivity contribution in [2.75, 3.05) is 11.9 Å². The van der Waals surface area contributed by atoms with Gasteiger partial charge in [-0.15, -0.1) is 0 Å². The lowest BCUT2D eigenvalue weighted by Crippen LogP contribution is -2.45. The van der Waals surface area contributed by atoms with Crippen LogP contribution >= 0.6 is 31.9 Å². The van der Waals surface area contributed by atoms with Crippen LogP contribution in [-0.4, -0.2) is 28.7 Å². The van der Waals surface area contributed by atoms with E-state index in [9.17, 15) is 4.79 Å². The van der Waals surface area contributed by atoms with Crippen molar-refractivity contribution < 1.29 is 4.79 Å². The molecule has 0 unspecified atom stereocenters. The summed E-state index contributed by atoms with van der Waals surface area (Å²) in [4.78, 5) is 14.6. The number of nitrogens with zero attached hydrogens (tertiary/aromatic N) is 1. The molecule has 1 aliphatic carbocycles. The standard InChI is InChI=1S/C14H17Br2NO/c1-10-9-11(16)5-6-13(10)14(18)17(8-7-15)12-3-2-4-12/h5-6,9,12H,2-4,7-8H2,1H3. The Labute approximate surface area is 125 Å². The van der Waals surface area contributed by atoms with Gasteiger partial charge in [0.2, 0.25) is 0 Å². The van der Waals surface area contributed by atoms with Crippen molar-refractivity contribution in [2.45, 2.75) is 32.2 Å². The van der Waals surface area contributed by atoms with Crippen LogP contribution in [0, 0.1) is 6.92 Å². The molecule has 18 heavy (non-hydrogen) atoms. The molecule has 0 spiro atoms. The van der Waals surface area contributed by atoms with Crippen molar-refractivity contribution in [2.24, 2.45) is 0 Å². The smallest absolute Gasteiger partial charge is 0.254 e. The van der Waals surface area contributed by atoms with Crippen LogP contribution in [0.15, 0.2) is 22.7 Å². The van der Waals surface area contributed by atoms with Crippen molar-refractivity contribution >= 4 is 37.8 Å². The summed E-state index contributed by atoms with van der Waals surface area (Å²) in [5.41, 5.74) is 1.86. The Morgan fingerprint density at radius 1 is 1.44 bits per heavy atom. The Hall–Kier alpha value is -0.350. The number of hydrogen-bond donors (Lipinski definition) is 0. The number of rotatable bonds is 4. The fourth-order valence-electron chi connectivity index (χ4n) is 2.26. The van der Waals surface area contributed by atoms with Gasteiger partial charge < -0.3 is 4.90 Å². The molecule has 0 N–H and O–H groups in total. The molecule has 1 amide bonds. The molecule has 0 saturated heterocycles. The topological polar surface area (TPSA) is 20.3 Å². The molecule has 1 fully saturated rings. The van der Waals surface area contributed by atoms with Gasteiger partial charge in [-0.2, -0.15) is 0 Å². The fraction of sp³-hybridized carbons (Fsp3) is 0.500. The Morgan fingerprint density at radius 2 is 2.17 bits per heavy atom. The first-order valence-electron chi connectivity index (χ1n) is 6.26. The summed E-state index contributed by atoms with van der Waals surface area (Å²) < 4.78 is 1.02. The van der Waals surface area contributed by atoms with E-state index in [1.165, 1.54) is 6.42 Å². The average molecular weight is 375 g/mol. The van der Waals surface area contributed by atoms with Crippen molar-refractivity contribution in [3.8, 4) is 0 Å². The number of alkyl halides is 1. The maximum absolute atomic E-state index is 12.6. The highest BCUT2D eigenvalue weighted by Crippen LogP contribution is 2.27. The van der Waals surface area contributed by atoms with Gasteiger partial charge in [-0.3, -0.25) is 4.79 Å². The van der Waals surface area contributed by atoms with E-state index in [1.54, 1.807) is 0 Å². The third-order valence-corrected chi connectivity index (χ3v) is 4.37. The van der Waals surface area contributed by atoms with Gasteiger partial charge in [-0.1, -0.05) is 31.9 Å². The van der Waals surface area contributed by atoms with E-state index in [4.69, 9.17) is 0 Å². The summed E-state index contributed by atoms with van der Waals surface area (Å²) in [7, 11) is 0. The lowest BCUT2D eigenvalue weighted by Gasteiger charge is -2.37. The molecule has 1 aliphatic rings. The van der Waals surface area contributed by atoms with Gasteiger partial charge in [-0.05, 0) is 49.9 Å². The predicted molar refractivity (Wildman–Crippen MR) is 81.3 cm³/mol. The largest absolute Gasteiger partial charge is 0.335 e. The molecular formula is C14H17Br2NO. The average Bonchev–Trinajstić information content (AvgIpc) is 2.25. The number of hydrogen-bond acceptors (Lipinski definition) is 1. The number of benzene rings is 1. The molecule has 2 rings (SSSR count). The molecule has 2 nitrogen and oxygen atoms in total. The molecule has 0 radical (unpaired) electrons. The number of aryl methyl sites for hydroxylation is 1. The molecule has 1 aromatic rings. The summed E-state index contributed by atoms with van der Waals surface area (Å²) in [6, 6.07) is 6.30. The van der Waals surface area contributed by atoms with E-state index < -0.39 is 0 Å². The van der Waals surface area contributed by atoms with E-state index in [2.05, 4.69) is 31.9 Å². The molecule has 0 heterocycles. The van der Waals surface area contributed by atoms with Crippen LogP contribution in [0.1, 0.15) is 35.2 Å². The first kappa shape index (κ1) is 14.1. The van der Waals surface area contributed by atoms with Gasteiger partial charge in [0.15, 0.2) is 0 Å². The second-order valence-electron chi connectivity index (χ2n) is 4.73. The minimum atomic E-state index is 0.171. The van der Waals surface area contributed by atoms with Crippen molar-refractivity contribution in [3.63, 3.8) is 0 Å². The molecule has 0 aromatic heterocycles. The van der Waals surface area contributed by atoms with Gasteiger partial charge in [0.1, 0.15) is 0 Å². The van der Waals surface area contributed by atoms with E-state index >= 15 is 0 Å². The zero-order chi connectivity index (χ0) is 13.1. The summed E-state index contributed by atoms with van der Waals surface area (Å²) in [5.74, 6) is 0.171. The predicted octanol–water partition coefficient (Wildman–Crippen LogP) is 4.15. The monoisotopic (exact) mass is 373 g/mol. The Balaban J connectivity index is 2.21. The highest BCUT2D eigenvalue weighted by atomic mass is 79.9. The van der Waals surface area contributed by atoms with Crippen LogP contribution in [0.5, 0.6) is 0 Å².